The van der Waals surface area contributed by atoms with E-state index in [-0.39, 0.29) is 0 Å². The molecule has 0 bridgehead atoms. The average Bonchev–Trinajstić information content (AvgIpc) is 1.63. The fourth-order valence-corrected chi connectivity index (χ4v) is 0.511. The van der Waals surface area contributed by atoms with Gasteiger partial charge in [0.1, 0.15) is 0 Å². The van der Waals surface area contributed by atoms with Crippen molar-refractivity contribution in [3.8, 4) is 0 Å². The van der Waals surface area contributed by atoms with Gasteiger partial charge in [-0.25, -0.2) is 0 Å². The van der Waals surface area contributed by atoms with E-state index in [1.165, 1.54) is 0 Å². The summed E-state index contributed by atoms with van der Waals surface area (Å²) in [6, 6.07) is 0. The molecule has 54 valence electrons. The number of hydrogen-bond acceptors (Lipinski definition) is 2. The van der Waals surface area contributed by atoms with Crippen LogP contribution in [0, 0.1) is 0 Å². The van der Waals surface area contributed by atoms with Crippen LogP contribution in [0.15, 0.2) is 12.3 Å². The molecule has 0 aliphatic carbocycles. The number of rotatable bonds is 3. The molecule has 0 atom stereocenters. The maximum absolute atomic E-state index is 9.13. The molecule has 2 nitrogen and oxygen atoms in total. The third-order valence-electron chi connectivity index (χ3n) is 1.03. The highest BCUT2D eigenvalue weighted by atomic mass is 16.3. The van der Waals surface area contributed by atoms with E-state index < -0.39 is 5.60 Å². The molecule has 2 N–H and O–H groups in total. The summed E-state index contributed by atoms with van der Waals surface area (Å²) in [6.07, 6.45) is 4.04. The monoisotopic (exact) mass is 130 g/mol. The van der Waals surface area contributed by atoms with Crippen LogP contribution in [0.2, 0.25) is 0 Å². The smallest absolute Gasteiger partial charge is 0.0751 e. The van der Waals surface area contributed by atoms with Gasteiger partial charge in [0.05, 0.1) is 11.9 Å². The first kappa shape index (κ1) is 8.50. The molecule has 9 heavy (non-hydrogen) atoms. The lowest BCUT2D eigenvalue weighted by Gasteiger charge is -2.14. The second-order valence-electron chi connectivity index (χ2n) is 2.74. The lowest BCUT2D eigenvalue weighted by molar-refractivity contribution is 0.0720. The van der Waals surface area contributed by atoms with Gasteiger partial charge in [0.15, 0.2) is 0 Å². The van der Waals surface area contributed by atoms with Crippen molar-refractivity contribution in [3.05, 3.63) is 12.3 Å². The Morgan fingerprint density at radius 2 is 2.00 bits per heavy atom. The molecule has 0 saturated heterocycles. The fourth-order valence-electron chi connectivity index (χ4n) is 0.511. The van der Waals surface area contributed by atoms with Crippen LogP contribution in [0.5, 0.6) is 0 Å². The minimum Gasteiger partial charge on any atom is -0.516 e. The highest BCUT2D eigenvalue weighted by molar-refractivity contribution is 4.76. The van der Waals surface area contributed by atoms with Crippen LogP contribution < -0.4 is 0 Å². The molecule has 0 radical (unpaired) electrons. The van der Waals surface area contributed by atoms with Crippen molar-refractivity contribution in [1.29, 1.82) is 0 Å². The Bertz CT molecular complexity index is 89.6. The largest absolute Gasteiger partial charge is 0.516 e. The fraction of sp³-hybridized carbons (Fsp3) is 0.714. The molecule has 0 aromatic heterocycles. The molecule has 0 fully saturated rings. The van der Waals surface area contributed by atoms with Crippen LogP contribution in [0.4, 0.5) is 0 Å². The van der Waals surface area contributed by atoms with Crippen LogP contribution in [-0.4, -0.2) is 15.8 Å². The van der Waals surface area contributed by atoms with Gasteiger partial charge in [0.2, 0.25) is 0 Å². The molecule has 0 aromatic carbocycles. The Kier molecular flexibility index (Phi) is 3.32. The van der Waals surface area contributed by atoms with E-state index in [0.717, 1.165) is 12.7 Å². The Morgan fingerprint density at radius 1 is 1.44 bits per heavy atom. The van der Waals surface area contributed by atoms with Crippen molar-refractivity contribution in [3.63, 3.8) is 0 Å². The van der Waals surface area contributed by atoms with Gasteiger partial charge < -0.3 is 10.2 Å². The summed E-state index contributed by atoms with van der Waals surface area (Å²) in [5, 5.41) is 17.3. The minimum atomic E-state index is -0.612. The van der Waals surface area contributed by atoms with Crippen molar-refractivity contribution in [2.24, 2.45) is 0 Å². The Labute approximate surface area is 55.8 Å². The molecule has 2 heteroatoms. The number of allylic oxidation sites excluding steroid dienone is 1. The quantitative estimate of drug-likeness (QED) is 0.570. The van der Waals surface area contributed by atoms with E-state index in [1.807, 2.05) is 0 Å². The Hall–Kier alpha value is -0.500. The second kappa shape index (κ2) is 3.51. The van der Waals surface area contributed by atoms with E-state index >= 15 is 0 Å². The minimum absolute atomic E-state index is 0.612. The van der Waals surface area contributed by atoms with Crippen LogP contribution in [0.25, 0.3) is 0 Å². The predicted octanol–water partition coefficient (Wildman–Crippen LogP) is 1.61. The first-order valence-corrected chi connectivity index (χ1v) is 3.08. The Morgan fingerprint density at radius 3 is 2.33 bits per heavy atom. The van der Waals surface area contributed by atoms with Crippen molar-refractivity contribution in [2.75, 3.05) is 0 Å². The maximum atomic E-state index is 9.13. The van der Waals surface area contributed by atoms with Crippen molar-refractivity contribution in [2.45, 2.75) is 32.3 Å². The molecule has 0 unspecified atom stereocenters. The Balaban J connectivity index is 3.28. The summed E-state index contributed by atoms with van der Waals surface area (Å²) in [5.74, 6) is 0. The molecule has 0 aromatic rings. The first-order valence-electron chi connectivity index (χ1n) is 3.08. The van der Waals surface area contributed by atoms with Gasteiger partial charge in [0.25, 0.3) is 0 Å². The van der Waals surface area contributed by atoms with Crippen LogP contribution >= 0.6 is 0 Å². The van der Waals surface area contributed by atoms with Crippen molar-refractivity contribution in [1.82, 2.24) is 0 Å². The second-order valence-corrected chi connectivity index (χ2v) is 2.74. The maximum Gasteiger partial charge on any atom is 0.0751 e. The lowest BCUT2D eigenvalue weighted by Crippen LogP contribution is -2.17. The molecular weight excluding hydrogens is 116 g/mol. The molecule has 0 heterocycles. The SMILES string of the molecule is CC(C)(O)CCC=CO. The van der Waals surface area contributed by atoms with E-state index in [0.29, 0.717) is 6.42 Å². The first-order chi connectivity index (χ1) is 4.06. The summed E-state index contributed by atoms with van der Waals surface area (Å²) < 4.78 is 0. The zero-order valence-electron chi connectivity index (χ0n) is 5.96. The van der Waals surface area contributed by atoms with E-state index in [9.17, 15) is 0 Å². The molecule has 0 spiro atoms. The molecule has 0 amide bonds. The zero-order chi connectivity index (χ0) is 7.33. The van der Waals surface area contributed by atoms with E-state index in [1.54, 1.807) is 19.9 Å². The number of aliphatic hydroxyl groups excluding tert-OH is 1. The van der Waals surface area contributed by atoms with Crippen LogP contribution in [0.1, 0.15) is 26.7 Å². The third-order valence-corrected chi connectivity index (χ3v) is 1.03. The summed E-state index contributed by atoms with van der Waals surface area (Å²) in [6.45, 7) is 3.50. The molecular formula is C7H14O2. The third kappa shape index (κ3) is 7.50. The topological polar surface area (TPSA) is 40.5 Å². The van der Waals surface area contributed by atoms with Gasteiger partial charge in [-0.15, -0.1) is 0 Å². The normalized spacial score (nSPS) is 12.8. The summed E-state index contributed by atoms with van der Waals surface area (Å²) in [4.78, 5) is 0. The molecule has 0 aliphatic heterocycles. The predicted molar refractivity (Wildman–Crippen MR) is 37.3 cm³/mol. The highest BCUT2D eigenvalue weighted by Crippen LogP contribution is 2.09. The molecule has 0 rings (SSSR count). The average molecular weight is 130 g/mol. The van der Waals surface area contributed by atoms with Gasteiger partial charge in [0, 0.05) is 0 Å². The number of hydrogen-bond donors (Lipinski definition) is 2. The van der Waals surface area contributed by atoms with Crippen molar-refractivity contribution < 1.29 is 10.2 Å². The van der Waals surface area contributed by atoms with E-state index in [4.69, 9.17) is 10.2 Å². The van der Waals surface area contributed by atoms with Crippen LogP contribution in [-0.2, 0) is 0 Å². The zero-order valence-corrected chi connectivity index (χ0v) is 5.96. The van der Waals surface area contributed by atoms with Gasteiger partial charge >= 0.3 is 0 Å². The van der Waals surface area contributed by atoms with Crippen molar-refractivity contribution >= 4 is 0 Å². The summed E-state index contributed by atoms with van der Waals surface area (Å²) in [7, 11) is 0. The van der Waals surface area contributed by atoms with Gasteiger partial charge in [-0.2, -0.15) is 0 Å². The number of aliphatic hydroxyl groups is 2. The van der Waals surface area contributed by atoms with E-state index in [2.05, 4.69) is 0 Å². The summed E-state index contributed by atoms with van der Waals surface area (Å²) in [5.41, 5.74) is -0.612. The highest BCUT2D eigenvalue weighted by Gasteiger charge is 2.09. The van der Waals surface area contributed by atoms with Gasteiger partial charge in [-0.05, 0) is 32.8 Å². The summed E-state index contributed by atoms with van der Waals surface area (Å²) >= 11 is 0. The van der Waals surface area contributed by atoms with Crippen LogP contribution in [0.3, 0.4) is 0 Å². The molecule has 0 aliphatic rings. The van der Waals surface area contributed by atoms with Gasteiger partial charge in [-0.3, -0.25) is 0 Å². The lowest BCUT2D eigenvalue weighted by atomic mass is 10.0. The molecule has 0 saturated carbocycles. The standard InChI is InChI=1S/C7H14O2/c1-7(2,9)5-3-4-6-8/h4,6,8-9H,3,5H2,1-2H3. The van der Waals surface area contributed by atoms with Gasteiger partial charge in [-0.1, -0.05) is 0 Å².